The van der Waals surface area contributed by atoms with Gasteiger partial charge in [-0.25, -0.2) is 0 Å². The molecule has 0 saturated heterocycles. The van der Waals surface area contributed by atoms with E-state index >= 15 is 0 Å². The van der Waals surface area contributed by atoms with Crippen LogP contribution in [0.4, 0.5) is 5.69 Å². The molecule has 1 heterocycles. The summed E-state index contributed by atoms with van der Waals surface area (Å²) in [6.07, 6.45) is 3.94. The zero-order valence-electron chi connectivity index (χ0n) is 25.8. The van der Waals surface area contributed by atoms with Crippen LogP contribution in [-0.4, -0.2) is 70.7 Å². The van der Waals surface area contributed by atoms with Gasteiger partial charge in [0.05, 0.1) is 11.5 Å². The Morgan fingerprint density at radius 3 is 2.21 bits per heavy atom. The Labute approximate surface area is 252 Å². The lowest BCUT2D eigenvalue weighted by Crippen LogP contribution is -2.51. The van der Waals surface area contributed by atoms with Gasteiger partial charge in [-0.15, -0.1) is 0 Å². The van der Waals surface area contributed by atoms with Crippen molar-refractivity contribution in [3.8, 4) is 0 Å². The van der Waals surface area contributed by atoms with Crippen LogP contribution in [-0.2, 0) is 46.5 Å². The van der Waals surface area contributed by atoms with Gasteiger partial charge < -0.3 is 25.8 Å². The molecule has 12 nitrogen and oxygen atoms in total. The number of amides is 4. The van der Waals surface area contributed by atoms with Crippen molar-refractivity contribution in [1.82, 2.24) is 15.5 Å². The van der Waals surface area contributed by atoms with E-state index in [0.29, 0.717) is 24.9 Å². The molecule has 0 aromatic heterocycles. The number of hydrogen-bond acceptors (Lipinski definition) is 8. The average Bonchev–Trinajstić information content (AvgIpc) is 3.23. The van der Waals surface area contributed by atoms with Gasteiger partial charge in [-0.2, -0.15) is 0 Å². The van der Waals surface area contributed by atoms with Gasteiger partial charge in [0.25, 0.3) is 11.8 Å². The maximum absolute atomic E-state index is 13.0. The molecule has 1 aromatic rings. The minimum absolute atomic E-state index is 0.00145. The zero-order chi connectivity index (χ0) is 32.3. The highest BCUT2D eigenvalue weighted by molar-refractivity contribution is 6.14. The molecule has 1 aliphatic heterocycles. The van der Waals surface area contributed by atoms with Crippen molar-refractivity contribution in [1.29, 1.82) is 0 Å². The molecule has 43 heavy (non-hydrogen) atoms. The molecule has 4 amide bonds. The number of carbonyl (C=O) groups excluding carboxylic acids is 5. The van der Waals surface area contributed by atoms with Gasteiger partial charge in [-0.05, 0) is 76.1 Å². The highest BCUT2D eigenvalue weighted by Gasteiger charge is 2.27. The Kier molecular flexibility index (Phi) is 13.0. The van der Waals surface area contributed by atoms with Crippen molar-refractivity contribution < 1.29 is 38.6 Å². The maximum Gasteiger partial charge on any atom is 0.311 e. The number of rotatable bonds is 16. The van der Waals surface area contributed by atoms with E-state index in [1.54, 1.807) is 45.9 Å². The van der Waals surface area contributed by atoms with Crippen LogP contribution in [0.5, 0.6) is 0 Å². The first-order valence-corrected chi connectivity index (χ1v) is 14.5. The normalized spacial score (nSPS) is 14.5. The third kappa shape index (κ3) is 11.6. The Bertz CT molecular complexity index is 1220. The second kappa shape index (κ2) is 16.0. The van der Waals surface area contributed by atoms with Gasteiger partial charge >= 0.3 is 11.9 Å². The lowest BCUT2D eigenvalue weighted by Gasteiger charge is -2.25. The molecule has 0 saturated carbocycles. The molecule has 1 aliphatic rings. The second-order valence-electron chi connectivity index (χ2n) is 12.0. The summed E-state index contributed by atoms with van der Waals surface area (Å²) in [5.41, 5.74) is 1.51. The number of carbonyl (C=O) groups is 6. The van der Waals surface area contributed by atoms with Crippen molar-refractivity contribution in [2.45, 2.75) is 85.9 Å². The van der Waals surface area contributed by atoms with E-state index in [2.05, 4.69) is 16.0 Å². The lowest BCUT2D eigenvalue weighted by molar-refractivity contribution is -0.154. The van der Waals surface area contributed by atoms with Crippen molar-refractivity contribution in [2.24, 2.45) is 11.3 Å². The highest BCUT2D eigenvalue weighted by atomic mass is 16.5. The summed E-state index contributed by atoms with van der Waals surface area (Å²) in [7, 11) is 0. The number of carboxylic acid groups (broad SMARTS) is 1. The Morgan fingerprint density at radius 1 is 0.977 bits per heavy atom. The number of aryl methyl sites for hydroxylation is 1. The van der Waals surface area contributed by atoms with Crippen LogP contribution in [0.15, 0.2) is 30.4 Å². The van der Waals surface area contributed by atoms with Crippen LogP contribution < -0.4 is 16.0 Å². The maximum atomic E-state index is 13.0. The number of ether oxygens (including phenoxy) is 1. The number of nitrogens with zero attached hydrogens (tertiary/aromatic N) is 1. The molecule has 2 atom stereocenters. The molecule has 2 rings (SSSR count). The minimum Gasteiger partial charge on any atom is -0.481 e. The van der Waals surface area contributed by atoms with Crippen molar-refractivity contribution in [3.63, 3.8) is 0 Å². The van der Waals surface area contributed by atoms with E-state index in [1.165, 1.54) is 0 Å². The first-order chi connectivity index (χ1) is 20.1. The summed E-state index contributed by atoms with van der Waals surface area (Å²) in [4.78, 5) is 73.0. The van der Waals surface area contributed by atoms with Crippen molar-refractivity contribution in [2.75, 3.05) is 18.4 Å². The van der Waals surface area contributed by atoms with Crippen LogP contribution in [0.1, 0.15) is 71.9 Å². The van der Waals surface area contributed by atoms with Crippen LogP contribution in [0.25, 0.3) is 0 Å². The van der Waals surface area contributed by atoms with Gasteiger partial charge in [0, 0.05) is 36.8 Å². The molecule has 0 bridgehead atoms. The molecule has 0 aliphatic carbocycles. The monoisotopic (exact) mass is 600 g/mol. The van der Waals surface area contributed by atoms with E-state index in [9.17, 15) is 28.8 Å². The first kappa shape index (κ1) is 35.1. The standard InChI is InChI=1S/C31H44N4O8/c1-19(2)24(34-25(36)17-35-26(37)13-14-27(35)38)16-32-20(3)29(41)33-23-12-11-22(18-43-30(42)31(4,5)6)21(15-23)9-7-8-10-28(39)40/h11-15,19-20,24,32H,7-10,16-18H2,1-6H3,(H,33,41)(H,34,36)(H,39,40)/t20-,24+/m0/s1. The van der Waals surface area contributed by atoms with Crippen LogP contribution in [0.2, 0.25) is 0 Å². The number of carboxylic acids is 1. The molecule has 236 valence electrons. The highest BCUT2D eigenvalue weighted by Crippen LogP contribution is 2.22. The number of hydrogen-bond donors (Lipinski definition) is 4. The molecule has 4 N–H and O–H groups in total. The SMILES string of the molecule is CC(C)[C@@H](CN[C@@H](C)C(=O)Nc1ccc(COC(=O)C(C)(C)C)c(CCCCC(=O)O)c1)NC(=O)CN1C(=O)C=CC1=O. The van der Waals surface area contributed by atoms with Gasteiger partial charge in [-0.1, -0.05) is 19.9 Å². The topological polar surface area (TPSA) is 171 Å². The number of benzene rings is 1. The van der Waals surface area contributed by atoms with E-state index in [1.807, 2.05) is 13.8 Å². The Balaban J connectivity index is 2.00. The lowest BCUT2D eigenvalue weighted by atomic mass is 9.97. The fourth-order valence-corrected chi connectivity index (χ4v) is 4.11. The summed E-state index contributed by atoms with van der Waals surface area (Å²) >= 11 is 0. The van der Waals surface area contributed by atoms with Gasteiger partial charge in [0.1, 0.15) is 13.2 Å². The number of nitrogens with one attached hydrogen (secondary N) is 3. The predicted octanol–water partition coefficient (Wildman–Crippen LogP) is 2.56. The molecule has 0 spiro atoms. The molecule has 0 unspecified atom stereocenters. The minimum atomic E-state index is -0.866. The van der Waals surface area contributed by atoms with Gasteiger partial charge in [-0.3, -0.25) is 33.7 Å². The van der Waals surface area contributed by atoms with E-state index in [-0.39, 0.29) is 50.0 Å². The average molecular weight is 601 g/mol. The fourth-order valence-electron chi connectivity index (χ4n) is 4.11. The molecular formula is C31H44N4O8. The predicted molar refractivity (Wildman–Crippen MR) is 160 cm³/mol. The second-order valence-corrected chi connectivity index (χ2v) is 12.0. The third-order valence-electron chi connectivity index (χ3n) is 6.92. The van der Waals surface area contributed by atoms with Crippen LogP contribution >= 0.6 is 0 Å². The molecule has 1 aromatic carbocycles. The number of unbranched alkanes of at least 4 members (excludes halogenated alkanes) is 1. The first-order valence-electron chi connectivity index (χ1n) is 14.5. The van der Waals surface area contributed by atoms with E-state index in [0.717, 1.165) is 28.2 Å². The Morgan fingerprint density at radius 2 is 1.63 bits per heavy atom. The Hall–Kier alpha value is -4.06. The number of imide groups is 1. The van der Waals surface area contributed by atoms with Gasteiger partial charge in [0.15, 0.2) is 0 Å². The smallest absolute Gasteiger partial charge is 0.311 e. The summed E-state index contributed by atoms with van der Waals surface area (Å²) in [5, 5.41) is 17.8. The van der Waals surface area contributed by atoms with E-state index in [4.69, 9.17) is 9.84 Å². The molecule has 0 radical (unpaired) electrons. The number of aliphatic carboxylic acids is 1. The third-order valence-corrected chi connectivity index (χ3v) is 6.92. The van der Waals surface area contributed by atoms with E-state index < -0.39 is 35.1 Å². The fraction of sp³-hybridized carbons (Fsp3) is 0.548. The summed E-state index contributed by atoms with van der Waals surface area (Å²) in [6, 6.07) is 4.31. The largest absolute Gasteiger partial charge is 0.481 e. The van der Waals surface area contributed by atoms with Crippen molar-refractivity contribution in [3.05, 3.63) is 41.5 Å². The van der Waals surface area contributed by atoms with Gasteiger partial charge in [0.2, 0.25) is 11.8 Å². The summed E-state index contributed by atoms with van der Waals surface area (Å²) < 4.78 is 5.49. The molecular weight excluding hydrogens is 556 g/mol. The summed E-state index contributed by atoms with van der Waals surface area (Å²) in [6.45, 7) is 10.8. The summed E-state index contributed by atoms with van der Waals surface area (Å²) in [5.74, 6) is -3.07. The quantitative estimate of drug-likeness (QED) is 0.126. The van der Waals surface area contributed by atoms with Crippen LogP contribution in [0.3, 0.4) is 0 Å². The number of esters is 1. The number of anilines is 1. The molecule has 12 heteroatoms. The van der Waals surface area contributed by atoms with Crippen molar-refractivity contribution >= 4 is 41.3 Å². The zero-order valence-corrected chi connectivity index (χ0v) is 25.8. The van der Waals surface area contributed by atoms with Crippen LogP contribution in [0, 0.1) is 11.3 Å². The molecule has 0 fully saturated rings.